The van der Waals surface area contributed by atoms with Crippen molar-refractivity contribution in [1.82, 2.24) is 19.1 Å². The molecule has 0 amide bonds. The van der Waals surface area contributed by atoms with Gasteiger partial charge in [0.1, 0.15) is 6.07 Å². The van der Waals surface area contributed by atoms with E-state index >= 15 is 0 Å². The summed E-state index contributed by atoms with van der Waals surface area (Å²) in [4.78, 5) is 9.67. The van der Waals surface area contributed by atoms with Gasteiger partial charge in [-0.05, 0) is 76.9 Å². The second-order valence-electron chi connectivity index (χ2n) is 12.6. The van der Waals surface area contributed by atoms with Crippen LogP contribution >= 0.6 is 0 Å². The molecule has 0 bridgehead atoms. The van der Waals surface area contributed by atoms with Crippen molar-refractivity contribution >= 4 is 54.5 Å². The Labute approximate surface area is 287 Å². The monoisotopic (exact) mass is 637 g/mol. The van der Waals surface area contributed by atoms with Crippen LogP contribution in [0.3, 0.4) is 0 Å². The fraction of sp³-hybridized carbons (Fsp3) is 0. The highest BCUT2D eigenvalue weighted by atomic mass is 15.2. The fourth-order valence-electron chi connectivity index (χ4n) is 7.48. The van der Waals surface area contributed by atoms with Gasteiger partial charge in [-0.2, -0.15) is 5.26 Å². The number of nitrogens with zero attached hydrogens (tertiary/aromatic N) is 5. The summed E-state index contributed by atoms with van der Waals surface area (Å²) in [6, 6.07) is 59.6. The van der Waals surface area contributed by atoms with Crippen LogP contribution in [0.4, 0.5) is 0 Å². The molecule has 5 nitrogen and oxygen atoms in total. The third-order valence-corrected chi connectivity index (χ3v) is 9.81. The SMILES string of the molecule is N#Cc1nc(-n2c3ccccc3c3cc(-c4ccc5c6ccccc6n(-c6ccc(-c7ccccc7)cc6)c5c4)ccc32)nc2ccccc12. The predicted octanol–water partition coefficient (Wildman–Crippen LogP) is 11.0. The molecule has 3 aromatic heterocycles. The third-order valence-electron chi connectivity index (χ3n) is 9.81. The Kier molecular flexibility index (Phi) is 6.17. The van der Waals surface area contributed by atoms with E-state index in [-0.39, 0.29) is 0 Å². The van der Waals surface area contributed by atoms with Gasteiger partial charge in [0, 0.05) is 32.6 Å². The largest absolute Gasteiger partial charge is 0.309 e. The van der Waals surface area contributed by atoms with Crippen LogP contribution in [0.1, 0.15) is 5.69 Å². The number of fused-ring (bicyclic) bond motifs is 7. The standard InChI is InChI=1S/C45H27N5/c46-28-40-37-14-4-7-15-39(37)47-45(48-40)50-42-17-9-6-13-35(42)38-26-31(21-25-43(38)50)32-20-24-36-34-12-5-8-16-41(34)49(44(36)27-32)33-22-18-30(19-23-33)29-10-2-1-3-11-29/h1-27H. The molecule has 0 unspecified atom stereocenters. The molecule has 0 saturated carbocycles. The molecular formula is C45H27N5. The van der Waals surface area contributed by atoms with Gasteiger partial charge < -0.3 is 4.57 Å². The van der Waals surface area contributed by atoms with E-state index in [0.717, 1.165) is 55.0 Å². The Morgan fingerprint density at radius 3 is 1.74 bits per heavy atom. The Morgan fingerprint density at radius 2 is 0.960 bits per heavy atom. The van der Waals surface area contributed by atoms with Gasteiger partial charge in [-0.25, -0.2) is 9.97 Å². The highest BCUT2D eigenvalue weighted by Gasteiger charge is 2.18. The maximum absolute atomic E-state index is 9.97. The highest BCUT2D eigenvalue weighted by Crippen LogP contribution is 2.38. The van der Waals surface area contributed by atoms with Crippen molar-refractivity contribution in [3.05, 3.63) is 169 Å². The Morgan fingerprint density at radius 1 is 0.400 bits per heavy atom. The molecule has 10 rings (SSSR count). The first kappa shape index (κ1) is 28.0. The molecule has 232 valence electrons. The summed E-state index contributed by atoms with van der Waals surface area (Å²) in [6.45, 7) is 0. The molecule has 0 radical (unpaired) electrons. The van der Waals surface area contributed by atoms with Gasteiger partial charge >= 0.3 is 0 Å². The van der Waals surface area contributed by atoms with E-state index in [4.69, 9.17) is 9.97 Å². The van der Waals surface area contributed by atoms with Crippen molar-refractivity contribution in [2.24, 2.45) is 0 Å². The average molecular weight is 638 g/mol. The van der Waals surface area contributed by atoms with Crippen molar-refractivity contribution in [1.29, 1.82) is 5.26 Å². The number of benzene rings is 7. The van der Waals surface area contributed by atoms with E-state index in [1.165, 1.54) is 27.4 Å². The van der Waals surface area contributed by atoms with Gasteiger partial charge in [0.2, 0.25) is 5.95 Å². The van der Waals surface area contributed by atoms with Gasteiger partial charge in [0.25, 0.3) is 0 Å². The Hall–Kier alpha value is -7.03. The second kappa shape index (κ2) is 11.0. The molecule has 7 aromatic carbocycles. The van der Waals surface area contributed by atoms with Crippen molar-refractivity contribution in [2.75, 3.05) is 0 Å². The van der Waals surface area contributed by atoms with Crippen molar-refractivity contribution < 1.29 is 0 Å². The molecule has 0 saturated heterocycles. The summed E-state index contributed by atoms with van der Waals surface area (Å²) in [6.07, 6.45) is 0. The molecule has 0 spiro atoms. The lowest BCUT2D eigenvalue weighted by molar-refractivity contribution is 1.00. The second-order valence-corrected chi connectivity index (χ2v) is 12.6. The number of hydrogen-bond donors (Lipinski definition) is 0. The van der Waals surface area contributed by atoms with Gasteiger partial charge in [0.15, 0.2) is 5.69 Å². The number of hydrogen-bond acceptors (Lipinski definition) is 3. The third kappa shape index (κ3) is 4.26. The molecule has 0 N–H and O–H groups in total. The van der Waals surface area contributed by atoms with Gasteiger partial charge in [0.05, 0.1) is 27.6 Å². The maximum Gasteiger partial charge on any atom is 0.236 e. The number of para-hydroxylation sites is 3. The van der Waals surface area contributed by atoms with E-state index < -0.39 is 0 Å². The van der Waals surface area contributed by atoms with Crippen molar-refractivity contribution in [3.63, 3.8) is 0 Å². The molecule has 5 heteroatoms. The number of rotatable bonds is 4. The van der Waals surface area contributed by atoms with Crippen LogP contribution < -0.4 is 0 Å². The number of nitriles is 1. The first-order chi connectivity index (χ1) is 24.7. The summed E-state index contributed by atoms with van der Waals surface area (Å²) in [7, 11) is 0. The smallest absolute Gasteiger partial charge is 0.236 e. The summed E-state index contributed by atoms with van der Waals surface area (Å²) in [5, 5.41) is 15.4. The van der Waals surface area contributed by atoms with Crippen LogP contribution in [0.15, 0.2) is 164 Å². The van der Waals surface area contributed by atoms with E-state index in [1.54, 1.807) is 0 Å². The first-order valence-electron chi connectivity index (χ1n) is 16.6. The molecule has 0 fully saturated rings. The zero-order valence-electron chi connectivity index (χ0n) is 26.8. The van der Waals surface area contributed by atoms with E-state index in [0.29, 0.717) is 11.6 Å². The zero-order valence-corrected chi connectivity index (χ0v) is 26.8. The van der Waals surface area contributed by atoms with Crippen molar-refractivity contribution in [3.8, 4) is 40.0 Å². The maximum atomic E-state index is 9.97. The summed E-state index contributed by atoms with van der Waals surface area (Å²) in [5.74, 6) is 0.489. The van der Waals surface area contributed by atoms with Crippen LogP contribution in [0.25, 0.3) is 88.4 Å². The van der Waals surface area contributed by atoms with Crippen LogP contribution in [0.2, 0.25) is 0 Å². The molecule has 10 aromatic rings. The summed E-state index contributed by atoms with van der Waals surface area (Å²) < 4.78 is 4.44. The fourth-order valence-corrected chi connectivity index (χ4v) is 7.48. The molecule has 0 aliphatic heterocycles. The minimum atomic E-state index is 0.367. The molecule has 0 aliphatic carbocycles. The Balaban J connectivity index is 1.15. The summed E-state index contributed by atoms with van der Waals surface area (Å²) in [5.41, 5.74) is 11.2. The molecule has 0 atom stereocenters. The quantitative estimate of drug-likeness (QED) is 0.193. The normalized spacial score (nSPS) is 11.6. The minimum absolute atomic E-state index is 0.367. The molecular weight excluding hydrogens is 611 g/mol. The lowest BCUT2D eigenvalue weighted by atomic mass is 10.0. The van der Waals surface area contributed by atoms with Gasteiger partial charge in [-0.3, -0.25) is 4.57 Å². The van der Waals surface area contributed by atoms with Crippen LogP contribution in [0.5, 0.6) is 0 Å². The van der Waals surface area contributed by atoms with E-state index in [2.05, 4.69) is 143 Å². The lowest BCUT2D eigenvalue weighted by Gasteiger charge is -2.11. The van der Waals surface area contributed by atoms with Gasteiger partial charge in [-0.1, -0.05) is 109 Å². The number of aromatic nitrogens is 4. The Bertz CT molecular complexity index is 2980. The minimum Gasteiger partial charge on any atom is -0.309 e. The van der Waals surface area contributed by atoms with Gasteiger partial charge in [-0.15, -0.1) is 0 Å². The van der Waals surface area contributed by atoms with Crippen LogP contribution in [-0.4, -0.2) is 19.1 Å². The average Bonchev–Trinajstić information content (AvgIpc) is 3.70. The zero-order chi connectivity index (χ0) is 33.2. The first-order valence-corrected chi connectivity index (χ1v) is 16.6. The van der Waals surface area contributed by atoms with E-state index in [9.17, 15) is 5.26 Å². The summed E-state index contributed by atoms with van der Waals surface area (Å²) >= 11 is 0. The molecule has 0 aliphatic rings. The molecule has 50 heavy (non-hydrogen) atoms. The predicted molar refractivity (Wildman–Crippen MR) is 204 cm³/mol. The van der Waals surface area contributed by atoms with Crippen LogP contribution in [-0.2, 0) is 0 Å². The van der Waals surface area contributed by atoms with Crippen LogP contribution in [0, 0.1) is 11.3 Å². The topological polar surface area (TPSA) is 59.4 Å². The highest BCUT2D eigenvalue weighted by molar-refractivity contribution is 6.12. The van der Waals surface area contributed by atoms with Crippen molar-refractivity contribution in [2.45, 2.75) is 0 Å². The van der Waals surface area contributed by atoms with E-state index in [1.807, 2.05) is 36.4 Å². The molecule has 3 heterocycles. The lowest BCUT2D eigenvalue weighted by Crippen LogP contribution is -2.03.